The van der Waals surface area contributed by atoms with Crippen LogP contribution in [0.15, 0.2) is 103 Å². The van der Waals surface area contributed by atoms with Gasteiger partial charge < -0.3 is 25.8 Å². The summed E-state index contributed by atoms with van der Waals surface area (Å²) in [6.07, 6.45) is 14.7. The smallest absolute Gasteiger partial charge is 0.255 e. The van der Waals surface area contributed by atoms with Crippen LogP contribution in [0.25, 0.3) is 0 Å². The van der Waals surface area contributed by atoms with Gasteiger partial charge in [-0.1, -0.05) is 24.1 Å². The molecule has 1 amide bonds. The predicted octanol–water partition coefficient (Wildman–Crippen LogP) is 5.17. The first kappa shape index (κ1) is 27.6. The molecule has 0 saturated heterocycles. The third-order valence-corrected chi connectivity index (χ3v) is 6.74. The van der Waals surface area contributed by atoms with Crippen molar-refractivity contribution in [3.8, 4) is 11.8 Å². The van der Waals surface area contributed by atoms with Crippen molar-refractivity contribution < 1.29 is 4.79 Å². The minimum absolute atomic E-state index is 0.164. The number of benzene rings is 2. The Kier molecular flexibility index (Phi) is 8.37. The molecule has 3 heterocycles. The molecule has 0 aliphatic carbocycles. The van der Waals surface area contributed by atoms with E-state index >= 15 is 0 Å². The number of carbonyl (C=O) groups excluding carboxylic acids is 1. The van der Waals surface area contributed by atoms with Gasteiger partial charge in [0.15, 0.2) is 0 Å². The number of nitrogens with one attached hydrogen (secondary N) is 3. The third-order valence-electron chi connectivity index (χ3n) is 6.74. The molecule has 0 unspecified atom stereocenters. The van der Waals surface area contributed by atoms with Crippen molar-refractivity contribution in [2.75, 3.05) is 31.3 Å². The van der Waals surface area contributed by atoms with Gasteiger partial charge in [0.1, 0.15) is 5.70 Å². The van der Waals surface area contributed by atoms with Gasteiger partial charge in [0.25, 0.3) is 5.91 Å². The topological polar surface area (TPSA) is 77.5 Å². The van der Waals surface area contributed by atoms with E-state index in [4.69, 9.17) is 0 Å². The van der Waals surface area contributed by atoms with Gasteiger partial charge >= 0.3 is 0 Å². The van der Waals surface area contributed by atoms with Crippen LogP contribution in [-0.2, 0) is 6.54 Å². The molecule has 2 aliphatic rings. The highest BCUT2D eigenvalue weighted by Crippen LogP contribution is 2.27. The second kappa shape index (κ2) is 12.5. The molecule has 5 rings (SSSR count). The van der Waals surface area contributed by atoms with E-state index in [0.29, 0.717) is 5.56 Å². The maximum Gasteiger partial charge on any atom is 0.255 e. The first-order valence-corrected chi connectivity index (χ1v) is 13.6. The molecule has 1 aromatic heterocycles. The zero-order chi connectivity index (χ0) is 28.8. The first-order chi connectivity index (χ1) is 19.9. The number of carbonyl (C=O) groups is 1. The highest BCUT2D eigenvalue weighted by Gasteiger charge is 2.21. The second-order valence-corrected chi connectivity index (χ2v) is 10.4. The van der Waals surface area contributed by atoms with Crippen LogP contribution >= 0.6 is 0 Å². The zero-order valence-corrected chi connectivity index (χ0v) is 23.9. The number of hydrogen-bond acceptors (Lipinski definition) is 6. The summed E-state index contributed by atoms with van der Waals surface area (Å²) in [6.45, 7) is 5.88. The number of nitrogens with zero attached hydrogens (tertiary/aromatic N) is 4. The summed E-state index contributed by atoms with van der Waals surface area (Å²) < 4.78 is 1.96. The first-order valence-electron chi connectivity index (χ1n) is 13.6. The molecule has 0 atom stereocenters. The predicted molar refractivity (Wildman–Crippen MR) is 165 cm³/mol. The van der Waals surface area contributed by atoms with Crippen LogP contribution < -0.4 is 16.0 Å². The molecule has 0 bridgehead atoms. The number of rotatable bonds is 8. The Labute approximate surface area is 241 Å². The van der Waals surface area contributed by atoms with Crippen LogP contribution in [0.1, 0.15) is 33.5 Å². The Balaban J connectivity index is 1.27. The van der Waals surface area contributed by atoms with Crippen molar-refractivity contribution in [1.29, 1.82) is 0 Å². The summed E-state index contributed by atoms with van der Waals surface area (Å²) in [5, 5.41) is 14.2. The van der Waals surface area contributed by atoms with Crippen LogP contribution in [0.5, 0.6) is 0 Å². The molecule has 208 valence electrons. The van der Waals surface area contributed by atoms with Gasteiger partial charge in [-0.25, -0.2) is 0 Å². The maximum atomic E-state index is 12.9. The molecule has 8 nitrogen and oxygen atoms in total. The number of aryl methyl sites for hydroxylation is 3. The van der Waals surface area contributed by atoms with Gasteiger partial charge in [-0.15, -0.1) is 0 Å². The van der Waals surface area contributed by atoms with Gasteiger partial charge in [-0.05, 0) is 94.4 Å². The van der Waals surface area contributed by atoms with Crippen molar-refractivity contribution in [3.05, 3.63) is 125 Å². The highest BCUT2D eigenvalue weighted by atomic mass is 16.1. The van der Waals surface area contributed by atoms with E-state index in [9.17, 15) is 4.79 Å². The summed E-state index contributed by atoms with van der Waals surface area (Å²) in [7, 11) is 4.16. The molecule has 8 heteroatoms. The van der Waals surface area contributed by atoms with Crippen LogP contribution in [-0.4, -0.2) is 46.1 Å². The molecule has 2 aliphatic heterocycles. The van der Waals surface area contributed by atoms with Gasteiger partial charge in [-0.2, -0.15) is 5.10 Å². The monoisotopic (exact) mass is 545 g/mol. The molecular formula is C33H35N7O. The second-order valence-electron chi connectivity index (χ2n) is 10.4. The fraction of sp³-hybridized carbons (Fsp3) is 0.212. The van der Waals surface area contributed by atoms with E-state index in [0.717, 1.165) is 64.7 Å². The van der Waals surface area contributed by atoms with Crippen molar-refractivity contribution in [2.24, 2.45) is 0 Å². The average Bonchev–Trinajstić information content (AvgIpc) is 3.39. The lowest BCUT2D eigenvalue weighted by molar-refractivity contribution is 0.102. The Morgan fingerprint density at radius 1 is 1.07 bits per heavy atom. The lowest BCUT2D eigenvalue weighted by Gasteiger charge is -2.30. The quantitative estimate of drug-likeness (QED) is 0.339. The zero-order valence-electron chi connectivity index (χ0n) is 23.9. The van der Waals surface area contributed by atoms with Gasteiger partial charge in [0.2, 0.25) is 0 Å². The largest absolute Gasteiger partial charge is 0.363 e. The number of anilines is 2. The summed E-state index contributed by atoms with van der Waals surface area (Å²) in [5.41, 5.74) is 7.83. The van der Waals surface area contributed by atoms with Crippen molar-refractivity contribution in [1.82, 2.24) is 24.9 Å². The lowest BCUT2D eigenvalue weighted by Crippen LogP contribution is -2.27. The lowest BCUT2D eigenvalue weighted by atomic mass is 10.0. The maximum absolute atomic E-state index is 12.9. The van der Waals surface area contributed by atoms with E-state index < -0.39 is 0 Å². The van der Waals surface area contributed by atoms with E-state index in [-0.39, 0.29) is 5.91 Å². The molecule has 0 fully saturated rings. The van der Waals surface area contributed by atoms with Crippen molar-refractivity contribution >= 4 is 17.3 Å². The molecule has 41 heavy (non-hydrogen) atoms. The third kappa shape index (κ3) is 6.96. The Hall–Kier alpha value is -5.00. The number of fused-ring (bicyclic) bond motifs is 1. The Bertz CT molecular complexity index is 1630. The van der Waals surface area contributed by atoms with Crippen LogP contribution in [0.4, 0.5) is 11.4 Å². The normalized spacial score (nSPS) is 13.8. The van der Waals surface area contributed by atoms with E-state index in [1.54, 1.807) is 0 Å². The van der Waals surface area contributed by atoms with Crippen LogP contribution in [0.2, 0.25) is 0 Å². The van der Waals surface area contributed by atoms with Crippen molar-refractivity contribution in [2.45, 2.75) is 26.8 Å². The van der Waals surface area contributed by atoms with Gasteiger partial charge in [0, 0.05) is 48.2 Å². The Morgan fingerprint density at radius 2 is 1.95 bits per heavy atom. The summed E-state index contributed by atoms with van der Waals surface area (Å²) in [5.74, 6) is 6.42. The number of allylic oxidation sites excluding steroid dienone is 3. The number of hydrogen-bond donors (Lipinski definition) is 3. The SMILES string of the molecule is Cc1cccc(NC(=O)c2ccc(C)c(C#CC3=CNC=C4C(Nc5cnn(CCCN(C)C)c5)=CC=CN34)c2)c1. The van der Waals surface area contributed by atoms with Gasteiger partial charge in [0.05, 0.1) is 23.3 Å². The fourth-order valence-electron chi connectivity index (χ4n) is 4.56. The van der Waals surface area contributed by atoms with Gasteiger partial charge in [-0.3, -0.25) is 9.48 Å². The van der Waals surface area contributed by atoms with Crippen LogP contribution in [0.3, 0.4) is 0 Å². The molecule has 2 aromatic carbocycles. The molecule has 0 radical (unpaired) electrons. The summed E-state index contributed by atoms with van der Waals surface area (Å²) in [4.78, 5) is 17.1. The molecular weight excluding hydrogens is 510 g/mol. The summed E-state index contributed by atoms with van der Waals surface area (Å²) in [6, 6.07) is 13.4. The van der Waals surface area contributed by atoms with E-state index in [2.05, 4.69) is 51.9 Å². The van der Waals surface area contributed by atoms with Crippen LogP contribution in [0, 0.1) is 25.7 Å². The van der Waals surface area contributed by atoms with Crippen molar-refractivity contribution in [3.63, 3.8) is 0 Å². The highest BCUT2D eigenvalue weighted by molar-refractivity contribution is 6.04. The fourth-order valence-corrected chi connectivity index (χ4v) is 4.56. The minimum atomic E-state index is -0.164. The minimum Gasteiger partial charge on any atom is -0.363 e. The number of amides is 1. The summed E-state index contributed by atoms with van der Waals surface area (Å²) >= 11 is 0. The number of aromatic nitrogens is 2. The molecule has 0 spiro atoms. The van der Waals surface area contributed by atoms with E-state index in [1.165, 1.54) is 0 Å². The van der Waals surface area contributed by atoms with E-state index in [1.807, 2.05) is 109 Å². The molecule has 3 aromatic rings. The average molecular weight is 546 g/mol. The molecule has 3 N–H and O–H groups in total. The Morgan fingerprint density at radius 3 is 2.78 bits per heavy atom. The molecule has 0 saturated carbocycles. The standard InChI is InChI=1S/C33H35N7O/c1-24-8-5-9-28(18-24)37-33(41)27-12-11-25(2)26(19-27)13-14-30-21-34-22-32-31(10-6-17-40(30)32)36-29-20-35-39(23-29)16-7-15-38(3)4/h5-6,8-12,17-23,34,36H,7,15-16H2,1-4H3,(H,37,41).